The van der Waals surface area contributed by atoms with Crippen molar-refractivity contribution in [2.75, 3.05) is 6.61 Å². The van der Waals surface area contributed by atoms with Crippen molar-refractivity contribution in [3.05, 3.63) is 18.0 Å². The number of carbonyl (C=O) groups is 1. The number of nitrogens with one attached hydrogen (secondary N) is 1. The summed E-state index contributed by atoms with van der Waals surface area (Å²) in [6, 6.07) is 0.164. The SMILES string of the molecule is Cc1cnn(CC(=O)N[C@@H]2COC3(CCCCC3)C2)c1. The summed E-state index contributed by atoms with van der Waals surface area (Å²) in [5.41, 5.74) is 1.13. The van der Waals surface area contributed by atoms with Crippen molar-refractivity contribution in [1.82, 2.24) is 15.1 Å². The zero-order valence-electron chi connectivity index (χ0n) is 12.1. The summed E-state index contributed by atoms with van der Waals surface area (Å²) in [6.45, 7) is 2.92. The Kier molecular flexibility index (Phi) is 3.78. The fourth-order valence-corrected chi connectivity index (χ4v) is 3.46. The second kappa shape index (κ2) is 5.56. The van der Waals surface area contributed by atoms with Gasteiger partial charge in [-0.1, -0.05) is 19.3 Å². The number of amides is 1. The van der Waals surface area contributed by atoms with Gasteiger partial charge in [-0.05, 0) is 31.7 Å². The highest BCUT2D eigenvalue weighted by atomic mass is 16.5. The molecule has 1 saturated heterocycles. The van der Waals surface area contributed by atoms with Gasteiger partial charge >= 0.3 is 0 Å². The predicted molar refractivity (Wildman–Crippen MR) is 75.3 cm³/mol. The van der Waals surface area contributed by atoms with E-state index in [2.05, 4.69) is 10.4 Å². The molecule has 110 valence electrons. The molecule has 0 radical (unpaired) electrons. The minimum atomic E-state index is 0.0227. The number of nitrogens with zero attached hydrogens (tertiary/aromatic N) is 2. The first kappa shape index (κ1) is 13.6. The summed E-state index contributed by atoms with van der Waals surface area (Å²) < 4.78 is 7.69. The first-order valence-corrected chi connectivity index (χ1v) is 7.58. The molecule has 1 aliphatic heterocycles. The van der Waals surface area contributed by atoms with Gasteiger partial charge in [0.15, 0.2) is 0 Å². The van der Waals surface area contributed by atoms with Crippen LogP contribution in [0.5, 0.6) is 0 Å². The van der Waals surface area contributed by atoms with E-state index >= 15 is 0 Å². The highest BCUT2D eigenvalue weighted by molar-refractivity contribution is 5.76. The molecule has 1 aliphatic carbocycles. The van der Waals surface area contributed by atoms with Crippen LogP contribution >= 0.6 is 0 Å². The highest BCUT2D eigenvalue weighted by Crippen LogP contribution is 2.39. The van der Waals surface area contributed by atoms with Gasteiger partial charge in [0.1, 0.15) is 6.54 Å². The number of rotatable bonds is 3. The average molecular weight is 277 g/mol. The lowest BCUT2D eigenvalue weighted by Gasteiger charge is -2.32. The van der Waals surface area contributed by atoms with Gasteiger partial charge in [0.2, 0.25) is 5.91 Å². The van der Waals surface area contributed by atoms with Gasteiger partial charge in [0.25, 0.3) is 0 Å². The maximum Gasteiger partial charge on any atom is 0.242 e. The van der Waals surface area contributed by atoms with E-state index in [1.54, 1.807) is 10.9 Å². The molecule has 1 aromatic heterocycles. The third kappa shape index (κ3) is 3.03. The molecule has 1 saturated carbocycles. The molecule has 1 atom stereocenters. The average Bonchev–Trinajstić information content (AvgIpc) is 2.98. The van der Waals surface area contributed by atoms with Crippen molar-refractivity contribution in [1.29, 1.82) is 0 Å². The van der Waals surface area contributed by atoms with E-state index in [-0.39, 0.29) is 24.1 Å². The van der Waals surface area contributed by atoms with Gasteiger partial charge in [-0.2, -0.15) is 5.10 Å². The van der Waals surface area contributed by atoms with E-state index in [0.717, 1.165) is 24.8 Å². The Morgan fingerprint density at radius 1 is 1.50 bits per heavy atom. The van der Waals surface area contributed by atoms with Gasteiger partial charge in [0, 0.05) is 6.20 Å². The van der Waals surface area contributed by atoms with Gasteiger partial charge in [-0.15, -0.1) is 0 Å². The van der Waals surface area contributed by atoms with E-state index in [0.29, 0.717) is 6.61 Å². The molecule has 2 heterocycles. The number of aromatic nitrogens is 2. The van der Waals surface area contributed by atoms with Crippen LogP contribution in [-0.2, 0) is 16.1 Å². The lowest BCUT2D eigenvalue weighted by molar-refractivity contribution is -0.122. The quantitative estimate of drug-likeness (QED) is 0.916. The number of carbonyl (C=O) groups excluding carboxylic acids is 1. The molecule has 20 heavy (non-hydrogen) atoms. The van der Waals surface area contributed by atoms with Gasteiger partial charge in [0.05, 0.1) is 24.4 Å². The van der Waals surface area contributed by atoms with Crippen LogP contribution in [0.2, 0.25) is 0 Å². The monoisotopic (exact) mass is 277 g/mol. The largest absolute Gasteiger partial charge is 0.373 e. The topological polar surface area (TPSA) is 56.2 Å². The third-order valence-corrected chi connectivity index (χ3v) is 4.41. The van der Waals surface area contributed by atoms with Gasteiger partial charge in [-0.3, -0.25) is 9.48 Å². The van der Waals surface area contributed by atoms with E-state index in [1.807, 2.05) is 13.1 Å². The Hall–Kier alpha value is -1.36. The summed E-state index contributed by atoms with van der Waals surface area (Å²) in [6.07, 6.45) is 10.8. The van der Waals surface area contributed by atoms with E-state index in [1.165, 1.54) is 19.3 Å². The molecule has 2 aliphatic rings. The minimum absolute atomic E-state index is 0.0227. The Bertz CT molecular complexity index is 477. The van der Waals surface area contributed by atoms with Crippen LogP contribution in [0.4, 0.5) is 0 Å². The fourth-order valence-electron chi connectivity index (χ4n) is 3.46. The molecule has 0 unspecified atom stereocenters. The second-order valence-electron chi connectivity index (χ2n) is 6.24. The lowest BCUT2D eigenvalue weighted by atomic mass is 9.82. The summed E-state index contributed by atoms with van der Waals surface area (Å²) in [4.78, 5) is 12.0. The molecule has 3 rings (SSSR count). The molecule has 0 bridgehead atoms. The molecule has 1 aromatic rings. The molecule has 1 spiro atoms. The van der Waals surface area contributed by atoms with Crippen molar-refractivity contribution in [3.63, 3.8) is 0 Å². The molecule has 1 N–H and O–H groups in total. The van der Waals surface area contributed by atoms with Crippen molar-refractivity contribution in [2.45, 2.75) is 63.6 Å². The third-order valence-electron chi connectivity index (χ3n) is 4.41. The van der Waals surface area contributed by atoms with Crippen LogP contribution in [-0.4, -0.2) is 33.9 Å². The predicted octanol–water partition coefficient (Wildman–Crippen LogP) is 1.80. The van der Waals surface area contributed by atoms with Crippen LogP contribution in [0.25, 0.3) is 0 Å². The second-order valence-corrected chi connectivity index (χ2v) is 6.24. The Balaban J connectivity index is 1.50. The summed E-state index contributed by atoms with van der Waals surface area (Å²) in [5, 5.41) is 7.22. The Labute approximate surface area is 119 Å². The van der Waals surface area contributed by atoms with Crippen LogP contribution in [0.3, 0.4) is 0 Å². The Morgan fingerprint density at radius 2 is 2.30 bits per heavy atom. The fraction of sp³-hybridized carbons (Fsp3) is 0.733. The van der Waals surface area contributed by atoms with Crippen molar-refractivity contribution in [2.24, 2.45) is 0 Å². The maximum atomic E-state index is 12.0. The van der Waals surface area contributed by atoms with E-state index in [4.69, 9.17) is 4.74 Å². The summed E-state index contributed by atoms with van der Waals surface area (Å²) in [5.74, 6) is 0.0227. The van der Waals surface area contributed by atoms with Crippen molar-refractivity contribution in [3.8, 4) is 0 Å². The first-order chi connectivity index (χ1) is 9.65. The molecular formula is C15H23N3O2. The lowest BCUT2D eigenvalue weighted by Crippen LogP contribution is -2.39. The van der Waals surface area contributed by atoms with Crippen LogP contribution in [0, 0.1) is 6.92 Å². The van der Waals surface area contributed by atoms with Crippen molar-refractivity contribution < 1.29 is 9.53 Å². The number of hydrogen-bond donors (Lipinski definition) is 1. The molecule has 5 nitrogen and oxygen atoms in total. The molecule has 2 fully saturated rings. The number of aryl methyl sites for hydroxylation is 1. The normalized spacial score (nSPS) is 24.9. The Morgan fingerprint density at radius 3 is 3.00 bits per heavy atom. The zero-order chi connectivity index (χ0) is 14.0. The van der Waals surface area contributed by atoms with Crippen LogP contribution < -0.4 is 5.32 Å². The number of hydrogen-bond acceptors (Lipinski definition) is 3. The molecule has 1 amide bonds. The minimum Gasteiger partial charge on any atom is -0.373 e. The van der Waals surface area contributed by atoms with E-state index in [9.17, 15) is 4.79 Å². The molecule has 0 aromatic carbocycles. The zero-order valence-corrected chi connectivity index (χ0v) is 12.1. The molecular weight excluding hydrogens is 254 g/mol. The van der Waals surface area contributed by atoms with Crippen LogP contribution in [0.15, 0.2) is 12.4 Å². The first-order valence-electron chi connectivity index (χ1n) is 7.58. The van der Waals surface area contributed by atoms with Gasteiger partial charge in [-0.25, -0.2) is 0 Å². The van der Waals surface area contributed by atoms with Crippen LogP contribution in [0.1, 0.15) is 44.1 Å². The smallest absolute Gasteiger partial charge is 0.242 e. The van der Waals surface area contributed by atoms with Gasteiger partial charge < -0.3 is 10.1 Å². The summed E-state index contributed by atoms with van der Waals surface area (Å²) >= 11 is 0. The van der Waals surface area contributed by atoms with E-state index < -0.39 is 0 Å². The number of ether oxygens (including phenoxy) is 1. The highest BCUT2D eigenvalue weighted by Gasteiger charge is 2.41. The summed E-state index contributed by atoms with van der Waals surface area (Å²) in [7, 11) is 0. The van der Waals surface area contributed by atoms with Crippen molar-refractivity contribution >= 4 is 5.91 Å². The maximum absolute atomic E-state index is 12.0. The molecule has 5 heteroatoms. The standard InChI is InChI=1S/C15H23N3O2/c1-12-8-16-18(9-12)10-14(19)17-13-7-15(20-11-13)5-3-2-4-6-15/h8-9,13H,2-7,10-11H2,1H3,(H,17,19)/t13-/m0/s1.